The highest BCUT2D eigenvalue weighted by Gasteiger charge is 1.93. The van der Waals surface area contributed by atoms with Crippen molar-refractivity contribution in [3.05, 3.63) is 40.4 Å². The van der Waals surface area contributed by atoms with E-state index < -0.39 is 0 Å². The molecule has 0 spiro atoms. The van der Waals surface area contributed by atoms with E-state index in [0.29, 0.717) is 0 Å². The van der Waals surface area contributed by atoms with Crippen molar-refractivity contribution in [3.8, 4) is 6.07 Å². The van der Waals surface area contributed by atoms with Crippen LogP contribution in [0.3, 0.4) is 0 Å². The van der Waals surface area contributed by atoms with Gasteiger partial charge in [0, 0.05) is 11.1 Å². The summed E-state index contributed by atoms with van der Waals surface area (Å²) < 4.78 is 0. The van der Waals surface area contributed by atoms with E-state index in [0.717, 1.165) is 16.1 Å². The summed E-state index contributed by atoms with van der Waals surface area (Å²) in [5.41, 5.74) is 2.00. The molecule has 60 valence electrons. The molecule has 0 atom stereocenters. The highest BCUT2D eigenvalue weighted by Crippen LogP contribution is 2.17. The van der Waals surface area contributed by atoms with Gasteiger partial charge in [0.15, 0.2) is 0 Å². The van der Waals surface area contributed by atoms with E-state index in [1.54, 1.807) is 6.08 Å². The summed E-state index contributed by atoms with van der Waals surface area (Å²) in [5, 5.41) is 9.01. The Morgan fingerprint density at radius 3 is 2.83 bits per heavy atom. The van der Waals surface area contributed by atoms with Gasteiger partial charge in [-0.25, -0.2) is 0 Å². The Hall–Kier alpha value is -1.26. The first-order chi connectivity index (χ1) is 5.74. The Balaban J connectivity index is 2.99. The lowest BCUT2D eigenvalue weighted by atomic mass is 10.1. The van der Waals surface area contributed by atoms with Gasteiger partial charge in [-0.1, -0.05) is 23.7 Å². The number of nitriles is 1. The first kappa shape index (κ1) is 8.83. The SMILES string of the molecule is Cc1ccc(C=CC#N)cc1Cl. The fourth-order valence-corrected chi connectivity index (χ4v) is 1.04. The van der Waals surface area contributed by atoms with Gasteiger partial charge < -0.3 is 0 Å². The van der Waals surface area contributed by atoms with Crippen molar-refractivity contribution in [2.24, 2.45) is 0 Å². The lowest BCUT2D eigenvalue weighted by molar-refractivity contribution is 1.46. The minimum Gasteiger partial charge on any atom is -0.193 e. The molecule has 0 amide bonds. The second kappa shape index (κ2) is 3.94. The Kier molecular flexibility index (Phi) is 2.90. The van der Waals surface area contributed by atoms with E-state index in [-0.39, 0.29) is 0 Å². The Morgan fingerprint density at radius 2 is 2.25 bits per heavy atom. The summed E-state index contributed by atoms with van der Waals surface area (Å²) in [6, 6.07) is 7.62. The Morgan fingerprint density at radius 1 is 1.50 bits per heavy atom. The van der Waals surface area contributed by atoms with Crippen molar-refractivity contribution in [2.45, 2.75) is 6.92 Å². The van der Waals surface area contributed by atoms with Crippen LogP contribution in [-0.4, -0.2) is 0 Å². The second-order valence-corrected chi connectivity index (χ2v) is 2.88. The van der Waals surface area contributed by atoms with Gasteiger partial charge in [0.05, 0.1) is 6.07 Å². The van der Waals surface area contributed by atoms with Gasteiger partial charge in [0.25, 0.3) is 0 Å². The summed E-state index contributed by atoms with van der Waals surface area (Å²) in [7, 11) is 0. The van der Waals surface area contributed by atoms with Crippen LogP contribution in [0, 0.1) is 18.3 Å². The number of rotatable bonds is 1. The minimum atomic E-state index is 0.732. The molecule has 2 heteroatoms. The lowest BCUT2D eigenvalue weighted by Gasteiger charge is -1.97. The van der Waals surface area contributed by atoms with Crippen LogP contribution in [0.2, 0.25) is 5.02 Å². The predicted octanol–water partition coefficient (Wildman–Crippen LogP) is 3.19. The van der Waals surface area contributed by atoms with Gasteiger partial charge in [0.1, 0.15) is 0 Å². The van der Waals surface area contributed by atoms with Crippen LogP contribution in [0.4, 0.5) is 0 Å². The molecular formula is C10H8ClN. The van der Waals surface area contributed by atoms with E-state index in [9.17, 15) is 0 Å². The smallest absolute Gasteiger partial charge is 0.0912 e. The second-order valence-electron chi connectivity index (χ2n) is 2.47. The van der Waals surface area contributed by atoms with E-state index in [1.807, 2.05) is 31.2 Å². The van der Waals surface area contributed by atoms with Crippen LogP contribution in [0.25, 0.3) is 6.08 Å². The van der Waals surface area contributed by atoms with Crippen molar-refractivity contribution in [1.29, 1.82) is 5.26 Å². The molecular weight excluding hydrogens is 170 g/mol. The third kappa shape index (κ3) is 2.11. The molecule has 0 saturated carbocycles. The maximum absolute atomic E-state index is 8.28. The number of nitrogens with zero attached hydrogens (tertiary/aromatic N) is 1. The third-order valence-electron chi connectivity index (χ3n) is 1.55. The third-order valence-corrected chi connectivity index (χ3v) is 1.95. The molecule has 0 aromatic heterocycles. The molecule has 0 aliphatic carbocycles. The zero-order valence-corrected chi connectivity index (χ0v) is 7.47. The van der Waals surface area contributed by atoms with Crippen molar-refractivity contribution < 1.29 is 0 Å². The van der Waals surface area contributed by atoms with E-state index in [1.165, 1.54) is 6.08 Å². The maximum Gasteiger partial charge on any atom is 0.0912 e. The molecule has 1 aromatic carbocycles. The summed E-state index contributed by atoms with van der Waals surface area (Å²) in [6.07, 6.45) is 3.16. The van der Waals surface area contributed by atoms with Crippen LogP contribution < -0.4 is 0 Å². The van der Waals surface area contributed by atoms with Crippen molar-refractivity contribution >= 4 is 17.7 Å². The van der Waals surface area contributed by atoms with Crippen molar-refractivity contribution in [1.82, 2.24) is 0 Å². The molecule has 0 unspecified atom stereocenters. The topological polar surface area (TPSA) is 23.8 Å². The van der Waals surface area contributed by atoms with E-state index in [4.69, 9.17) is 16.9 Å². The molecule has 0 saturated heterocycles. The van der Waals surface area contributed by atoms with Crippen molar-refractivity contribution in [2.75, 3.05) is 0 Å². The van der Waals surface area contributed by atoms with Crippen LogP contribution in [-0.2, 0) is 0 Å². The van der Waals surface area contributed by atoms with Crippen LogP contribution in [0.15, 0.2) is 24.3 Å². The average Bonchev–Trinajstić information content (AvgIpc) is 2.07. The first-order valence-electron chi connectivity index (χ1n) is 3.56. The number of hydrogen-bond acceptors (Lipinski definition) is 1. The minimum absolute atomic E-state index is 0.732. The highest BCUT2D eigenvalue weighted by molar-refractivity contribution is 6.31. The van der Waals surface area contributed by atoms with Gasteiger partial charge in [-0.2, -0.15) is 5.26 Å². The summed E-state index contributed by atoms with van der Waals surface area (Å²) in [5.74, 6) is 0. The largest absolute Gasteiger partial charge is 0.193 e. The molecule has 0 fully saturated rings. The van der Waals surface area contributed by atoms with Crippen LogP contribution in [0.1, 0.15) is 11.1 Å². The molecule has 0 aliphatic heterocycles. The molecule has 0 bridgehead atoms. The number of benzene rings is 1. The molecule has 12 heavy (non-hydrogen) atoms. The predicted molar refractivity (Wildman–Crippen MR) is 50.8 cm³/mol. The fourth-order valence-electron chi connectivity index (χ4n) is 0.846. The quantitative estimate of drug-likeness (QED) is 0.605. The van der Waals surface area contributed by atoms with Gasteiger partial charge in [0.2, 0.25) is 0 Å². The average molecular weight is 178 g/mol. The van der Waals surface area contributed by atoms with E-state index >= 15 is 0 Å². The van der Waals surface area contributed by atoms with Crippen molar-refractivity contribution in [3.63, 3.8) is 0 Å². The molecule has 0 aliphatic rings. The number of allylic oxidation sites excluding steroid dienone is 1. The molecule has 0 heterocycles. The normalized spacial score (nSPS) is 10.1. The zero-order valence-electron chi connectivity index (χ0n) is 6.71. The molecule has 0 N–H and O–H groups in total. The molecule has 0 radical (unpaired) electrons. The first-order valence-corrected chi connectivity index (χ1v) is 3.94. The number of halogens is 1. The van der Waals surface area contributed by atoms with Crippen LogP contribution >= 0.6 is 11.6 Å². The number of aryl methyl sites for hydroxylation is 1. The molecule has 1 rings (SSSR count). The summed E-state index contributed by atoms with van der Waals surface area (Å²) in [4.78, 5) is 0. The maximum atomic E-state index is 8.28. The van der Waals surface area contributed by atoms with Crippen LogP contribution in [0.5, 0.6) is 0 Å². The molecule has 1 nitrogen and oxygen atoms in total. The standard InChI is InChI=1S/C10H8ClN/c1-8-4-5-9(3-2-6-12)7-10(8)11/h2-5,7H,1H3. The zero-order chi connectivity index (χ0) is 8.97. The van der Waals surface area contributed by atoms with E-state index in [2.05, 4.69) is 0 Å². The Bertz CT molecular complexity index is 347. The summed E-state index contributed by atoms with van der Waals surface area (Å²) >= 11 is 5.88. The van der Waals surface area contributed by atoms with Gasteiger partial charge in [-0.3, -0.25) is 0 Å². The monoisotopic (exact) mass is 177 g/mol. The fraction of sp³-hybridized carbons (Fsp3) is 0.100. The molecule has 1 aromatic rings. The summed E-state index contributed by atoms with van der Waals surface area (Å²) in [6.45, 7) is 1.94. The van der Waals surface area contributed by atoms with Gasteiger partial charge >= 0.3 is 0 Å². The van der Waals surface area contributed by atoms with Gasteiger partial charge in [-0.15, -0.1) is 0 Å². The number of hydrogen-bond donors (Lipinski definition) is 0. The van der Waals surface area contributed by atoms with Gasteiger partial charge in [-0.05, 0) is 30.2 Å². The lowest BCUT2D eigenvalue weighted by Crippen LogP contribution is -1.76. The highest BCUT2D eigenvalue weighted by atomic mass is 35.5. The Labute approximate surface area is 76.9 Å².